The first kappa shape index (κ1) is 15.7. The maximum atomic E-state index is 12.2. The molecule has 7 heteroatoms. The van der Waals surface area contributed by atoms with Crippen molar-refractivity contribution in [2.75, 3.05) is 40.0 Å². The molecule has 0 bridgehead atoms. The van der Waals surface area contributed by atoms with Crippen LogP contribution in [0.1, 0.15) is 6.42 Å². The number of nitrogens with zero attached hydrogens (tertiary/aromatic N) is 2. The van der Waals surface area contributed by atoms with E-state index in [2.05, 4.69) is 0 Å². The summed E-state index contributed by atoms with van der Waals surface area (Å²) in [4.78, 5) is 2.09. The molecule has 108 valence electrons. The number of rotatable bonds is 6. The normalized spacial score (nSPS) is 12.3. The summed E-state index contributed by atoms with van der Waals surface area (Å²) in [6.45, 7) is 1.25. The minimum absolute atomic E-state index is 0.0581. The Kier molecular flexibility index (Phi) is 5.16. The molecule has 0 saturated carbocycles. The molecule has 1 aromatic rings. The van der Waals surface area contributed by atoms with E-state index in [1.807, 2.05) is 19.0 Å². The van der Waals surface area contributed by atoms with Gasteiger partial charge in [0.25, 0.3) is 0 Å². The molecule has 0 saturated heterocycles. The van der Waals surface area contributed by atoms with Crippen LogP contribution >= 0.6 is 0 Å². The fraction of sp³-hybridized carbons (Fsp3) is 0.500. The van der Waals surface area contributed by atoms with E-state index in [0.29, 0.717) is 6.54 Å². The minimum Gasteiger partial charge on any atom is -0.506 e. The second-order valence-electron chi connectivity index (χ2n) is 4.70. The van der Waals surface area contributed by atoms with Gasteiger partial charge >= 0.3 is 0 Å². The van der Waals surface area contributed by atoms with Crippen molar-refractivity contribution >= 4 is 15.7 Å². The maximum absolute atomic E-state index is 12.2. The highest BCUT2D eigenvalue weighted by atomic mass is 32.2. The second-order valence-corrected chi connectivity index (χ2v) is 6.75. The first-order valence-corrected chi connectivity index (χ1v) is 7.38. The molecule has 0 aromatic heterocycles. The van der Waals surface area contributed by atoms with Crippen LogP contribution in [0.3, 0.4) is 0 Å². The summed E-state index contributed by atoms with van der Waals surface area (Å²) < 4.78 is 25.8. The van der Waals surface area contributed by atoms with Crippen LogP contribution in [-0.4, -0.2) is 57.0 Å². The molecule has 3 N–H and O–H groups in total. The first-order valence-electron chi connectivity index (χ1n) is 5.94. The summed E-state index contributed by atoms with van der Waals surface area (Å²) >= 11 is 0. The molecule has 19 heavy (non-hydrogen) atoms. The highest BCUT2D eigenvalue weighted by Gasteiger charge is 2.21. The molecule has 6 nitrogen and oxygen atoms in total. The van der Waals surface area contributed by atoms with E-state index in [4.69, 9.17) is 5.73 Å². The third-order valence-electron chi connectivity index (χ3n) is 2.79. The maximum Gasteiger partial charge on any atom is 0.242 e. The van der Waals surface area contributed by atoms with Gasteiger partial charge in [-0.1, -0.05) is 0 Å². The Morgan fingerprint density at radius 3 is 2.37 bits per heavy atom. The lowest BCUT2D eigenvalue weighted by atomic mass is 10.3. The van der Waals surface area contributed by atoms with E-state index >= 15 is 0 Å². The molecule has 0 aliphatic heterocycles. The standard InChI is InChI=1S/C12H21N3O3S/c1-14(2)7-4-8-15(3)19(17,18)10-5-6-12(16)11(13)9-10/h5-6,9,16H,4,7-8,13H2,1-3H3. The van der Waals surface area contributed by atoms with Crippen LogP contribution in [0, 0.1) is 0 Å². The van der Waals surface area contributed by atoms with Crippen LogP contribution in [0.15, 0.2) is 23.1 Å². The van der Waals surface area contributed by atoms with Crippen molar-refractivity contribution in [2.24, 2.45) is 0 Å². The molecule has 0 aliphatic carbocycles. The van der Waals surface area contributed by atoms with E-state index in [1.165, 1.54) is 29.6 Å². The van der Waals surface area contributed by atoms with Gasteiger partial charge < -0.3 is 15.7 Å². The summed E-state index contributed by atoms with van der Waals surface area (Å²) in [5, 5.41) is 9.31. The van der Waals surface area contributed by atoms with Crippen molar-refractivity contribution < 1.29 is 13.5 Å². The van der Waals surface area contributed by atoms with Crippen LogP contribution in [0.5, 0.6) is 5.75 Å². The summed E-state index contributed by atoms with van der Waals surface area (Å²) in [6, 6.07) is 3.91. The van der Waals surface area contributed by atoms with Crippen LogP contribution in [-0.2, 0) is 10.0 Å². The van der Waals surface area contributed by atoms with E-state index in [-0.39, 0.29) is 16.3 Å². The second kappa shape index (κ2) is 6.23. The zero-order valence-electron chi connectivity index (χ0n) is 11.5. The van der Waals surface area contributed by atoms with E-state index in [1.54, 1.807) is 0 Å². The van der Waals surface area contributed by atoms with Crippen molar-refractivity contribution in [3.63, 3.8) is 0 Å². The van der Waals surface area contributed by atoms with Gasteiger partial charge in [-0.2, -0.15) is 0 Å². The Labute approximate surface area is 114 Å². The van der Waals surface area contributed by atoms with Crippen molar-refractivity contribution in [3.8, 4) is 5.75 Å². The predicted octanol–water partition coefficient (Wildman–Crippen LogP) is 0.547. The van der Waals surface area contributed by atoms with Gasteiger partial charge in [-0.05, 0) is 45.3 Å². The number of phenols is 1. The molecule has 0 atom stereocenters. The largest absolute Gasteiger partial charge is 0.506 e. The summed E-state index contributed by atoms with van der Waals surface area (Å²) in [6.07, 6.45) is 0.746. The van der Waals surface area contributed by atoms with Gasteiger partial charge in [-0.3, -0.25) is 0 Å². The third-order valence-corrected chi connectivity index (χ3v) is 4.64. The molecule has 0 spiro atoms. The van der Waals surface area contributed by atoms with Crippen molar-refractivity contribution in [1.82, 2.24) is 9.21 Å². The number of nitrogen functional groups attached to an aromatic ring is 1. The highest BCUT2D eigenvalue weighted by molar-refractivity contribution is 7.89. The van der Waals surface area contributed by atoms with Gasteiger partial charge in [0.1, 0.15) is 5.75 Å². The first-order chi connectivity index (χ1) is 8.75. The molecule has 1 rings (SSSR count). The van der Waals surface area contributed by atoms with Gasteiger partial charge in [0, 0.05) is 13.6 Å². The van der Waals surface area contributed by atoms with Gasteiger partial charge in [-0.25, -0.2) is 12.7 Å². The van der Waals surface area contributed by atoms with E-state index in [0.717, 1.165) is 13.0 Å². The van der Waals surface area contributed by atoms with Gasteiger partial charge in [0.05, 0.1) is 10.6 Å². The third kappa shape index (κ3) is 4.09. The molecule has 0 aliphatic rings. The van der Waals surface area contributed by atoms with Gasteiger partial charge in [0.15, 0.2) is 0 Å². The molecule has 0 unspecified atom stereocenters. The SMILES string of the molecule is CN(C)CCCN(C)S(=O)(=O)c1ccc(O)c(N)c1. The van der Waals surface area contributed by atoms with Crippen molar-refractivity contribution in [3.05, 3.63) is 18.2 Å². The fourth-order valence-corrected chi connectivity index (χ4v) is 2.85. The number of anilines is 1. The number of sulfonamides is 1. The zero-order chi connectivity index (χ0) is 14.6. The van der Waals surface area contributed by atoms with Crippen LogP contribution in [0.25, 0.3) is 0 Å². The number of hydrogen-bond donors (Lipinski definition) is 2. The molecule has 0 fully saturated rings. The predicted molar refractivity (Wildman–Crippen MR) is 75.5 cm³/mol. The van der Waals surface area contributed by atoms with E-state index < -0.39 is 10.0 Å². The quantitative estimate of drug-likeness (QED) is 0.589. The lowest BCUT2D eigenvalue weighted by Crippen LogP contribution is -2.29. The summed E-state index contributed by atoms with van der Waals surface area (Å²) in [5.74, 6) is -0.116. The monoisotopic (exact) mass is 287 g/mol. The molecule has 0 radical (unpaired) electrons. The van der Waals surface area contributed by atoms with Crippen molar-refractivity contribution in [2.45, 2.75) is 11.3 Å². The topological polar surface area (TPSA) is 86.9 Å². The molecule has 0 heterocycles. The van der Waals surface area contributed by atoms with Crippen LogP contribution < -0.4 is 5.73 Å². The summed E-state index contributed by atoms with van der Waals surface area (Å²) in [5.41, 5.74) is 5.58. The number of phenolic OH excluding ortho intramolecular Hbond substituents is 1. The average Bonchev–Trinajstić information content (AvgIpc) is 2.31. The van der Waals surface area contributed by atoms with Gasteiger partial charge in [-0.15, -0.1) is 0 Å². The smallest absolute Gasteiger partial charge is 0.242 e. The molecular weight excluding hydrogens is 266 g/mol. The Bertz CT molecular complexity index is 529. The van der Waals surface area contributed by atoms with Gasteiger partial charge in [0.2, 0.25) is 10.0 Å². The highest BCUT2D eigenvalue weighted by Crippen LogP contribution is 2.24. The van der Waals surface area contributed by atoms with Crippen molar-refractivity contribution in [1.29, 1.82) is 0 Å². The number of nitrogens with two attached hydrogens (primary N) is 1. The summed E-state index contributed by atoms with van der Waals surface area (Å²) in [7, 11) is 1.86. The number of hydrogen-bond acceptors (Lipinski definition) is 5. The minimum atomic E-state index is -3.55. The Hall–Kier alpha value is -1.31. The van der Waals surface area contributed by atoms with Crippen LogP contribution in [0.2, 0.25) is 0 Å². The molecule has 1 aromatic carbocycles. The lowest BCUT2D eigenvalue weighted by molar-refractivity contribution is 0.370. The molecule has 0 amide bonds. The van der Waals surface area contributed by atoms with Crippen LogP contribution in [0.4, 0.5) is 5.69 Å². The molecular formula is C12H21N3O3S. The zero-order valence-corrected chi connectivity index (χ0v) is 12.3. The van der Waals surface area contributed by atoms with E-state index in [9.17, 15) is 13.5 Å². The Balaban J connectivity index is 2.81. The Morgan fingerprint density at radius 2 is 1.84 bits per heavy atom. The number of benzene rings is 1. The lowest BCUT2D eigenvalue weighted by Gasteiger charge is -2.18. The number of aromatic hydroxyl groups is 1. The average molecular weight is 287 g/mol. The fourth-order valence-electron chi connectivity index (χ4n) is 1.60. The Morgan fingerprint density at radius 1 is 1.21 bits per heavy atom.